The van der Waals surface area contributed by atoms with Crippen LogP contribution in [0.15, 0.2) is 30.5 Å². The van der Waals surface area contributed by atoms with Gasteiger partial charge in [-0.2, -0.15) is 0 Å². The summed E-state index contributed by atoms with van der Waals surface area (Å²) in [6.07, 6.45) is 6.67. The van der Waals surface area contributed by atoms with Gasteiger partial charge in [-0.3, -0.25) is 4.90 Å². The van der Waals surface area contributed by atoms with Gasteiger partial charge in [0.05, 0.1) is 10.0 Å². The SMILES string of the molecule is Clc1ccc(CN2CCCC(Nc3ccnc(C4CC4)n3)C2)cc1Cl. The first-order valence-corrected chi connectivity index (χ1v) is 9.69. The highest BCUT2D eigenvalue weighted by Gasteiger charge is 2.27. The molecule has 0 bridgehead atoms. The summed E-state index contributed by atoms with van der Waals surface area (Å²) in [5.74, 6) is 2.53. The molecule has 4 nitrogen and oxygen atoms in total. The van der Waals surface area contributed by atoms with Crippen LogP contribution in [0.3, 0.4) is 0 Å². The van der Waals surface area contributed by atoms with Crippen LogP contribution in [-0.2, 0) is 6.54 Å². The summed E-state index contributed by atoms with van der Waals surface area (Å²) in [4.78, 5) is 11.5. The minimum atomic E-state index is 0.415. The van der Waals surface area contributed by atoms with Gasteiger partial charge in [0.25, 0.3) is 0 Å². The molecule has 0 amide bonds. The Morgan fingerprint density at radius 1 is 1.12 bits per heavy atom. The monoisotopic (exact) mass is 376 g/mol. The van der Waals surface area contributed by atoms with Crippen LogP contribution in [0.5, 0.6) is 0 Å². The number of piperidine rings is 1. The second-order valence-corrected chi connectivity index (χ2v) is 7.86. The standard InChI is InChI=1S/C19H22Cl2N4/c20-16-6-3-13(10-17(16)21)11-25-9-1-2-15(12-25)23-18-7-8-22-19(24-18)14-4-5-14/h3,6-8,10,14-15H,1-2,4-5,9,11-12H2,(H,22,23,24). The molecule has 2 heterocycles. The molecule has 4 rings (SSSR count). The number of likely N-dealkylation sites (tertiary alicyclic amines) is 1. The topological polar surface area (TPSA) is 41.0 Å². The van der Waals surface area contributed by atoms with Crippen molar-refractivity contribution in [2.75, 3.05) is 18.4 Å². The molecule has 0 spiro atoms. The fraction of sp³-hybridized carbons (Fsp3) is 0.474. The molecule has 25 heavy (non-hydrogen) atoms. The van der Waals surface area contributed by atoms with Crippen LogP contribution in [0.4, 0.5) is 5.82 Å². The third kappa shape index (κ3) is 4.43. The molecule has 1 atom stereocenters. The van der Waals surface area contributed by atoms with E-state index in [0.717, 1.165) is 31.3 Å². The third-order valence-electron chi connectivity index (χ3n) is 4.86. The quantitative estimate of drug-likeness (QED) is 0.817. The van der Waals surface area contributed by atoms with Crippen LogP contribution < -0.4 is 5.32 Å². The Morgan fingerprint density at radius 3 is 2.80 bits per heavy atom. The Labute approximate surface area is 158 Å². The first-order chi connectivity index (χ1) is 12.2. The molecule has 6 heteroatoms. The smallest absolute Gasteiger partial charge is 0.133 e. The molecule has 1 aromatic heterocycles. The van der Waals surface area contributed by atoms with Crippen molar-refractivity contribution in [2.24, 2.45) is 0 Å². The van der Waals surface area contributed by atoms with E-state index < -0.39 is 0 Å². The molecule has 2 aliphatic rings. The predicted molar refractivity (Wildman–Crippen MR) is 102 cm³/mol. The Hall–Kier alpha value is -1.36. The summed E-state index contributed by atoms with van der Waals surface area (Å²) in [5.41, 5.74) is 1.20. The molecule has 1 aromatic carbocycles. The van der Waals surface area contributed by atoms with Crippen molar-refractivity contribution in [1.29, 1.82) is 0 Å². The molecule has 2 fully saturated rings. The van der Waals surface area contributed by atoms with Crippen molar-refractivity contribution in [3.63, 3.8) is 0 Å². The number of aromatic nitrogens is 2. The van der Waals surface area contributed by atoms with Gasteiger partial charge < -0.3 is 5.32 Å². The highest BCUT2D eigenvalue weighted by Crippen LogP contribution is 2.38. The second-order valence-electron chi connectivity index (χ2n) is 7.04. The van der Waals surface area contributed by atoms with E-state index in [1.54, 1.807) is 0 Å². The fourth-order valence-corrected chi connectivity index (χ4v) is 3.74. The minimum absolute atomic E-state index is 0.415. The summed E-state index contributed by atoms with van der Waals surface area (Å²) in [5, 5.41) is 4.83. The molecular formula is C19H22Cl2N4. The number of hydrogen-bond donors (Lipinski definition) is 1. The third-order valence-corrected chi connectivity index (χ3v) is 5.60. The zero-order valence-electron chi connectivity index (χ0n) is 14.1. The molecule has 1 aliphatic carbocycles. The highest BCUT2D eigenvalue weighted by atomic mass is 35.5. The lowest BCUT2D eigenvalue weighted by Gasteiger charge is -2.33. The van der Waals surface area contributed by atoms with Crippen molar-refractivity contribution in [2.45, 2.75) is 44.2 Å². The maximum absolute atomic E-state index is 6.14. The van der Waals surface area contributed by atoms with E-state index in [-0.39, 0.29) is 0 Å². The van der Waals surface area contributed by atoms with Crippen molar-refractivity contribution >= 4 is 29.0 Å². The second kappa shape index (κ2) is 7.48. The number of hydrogen-bond acceptors (Lipinski definition) is 4. The number of nitrogens with zero attached hydrogens (tertiary/aromatic N) is 3. The molecule has 1 aliphatic heterocycles. The van der Waals surface area contributed by atoms with Crippen LogP contribution >= 0.6 is 23.2 Å². The van der Waals surface area contributed by atoms with Crippen LogP contribution in [0, 0.1) is 0 Å². The van der Waals surface area contributed by atoms with Crippen LogP contribution in [0.1, 0.15) is 43.0 Å². The van der Waals surface area contributed by atoms with E-state index in [2.05, 4.69) is 26.3 Å². The van der Waals surface area contributed by atoms with Gasteiger partial charge in [0.15, 0.2) is 0 Å². The summed E-state index contributed by atoms with van der Waals surface area (Å²) < 4.78 is 0. The maximum Gasteiger partial charge on any atom is 0.133 e. The van der Waals surface area contributed by atoms with E-state index in [1.807, 2.05) is 24.4 Å². The molecule has 132 valence electrons. The summed E-state index contributed by atoms with van der Waals surface area (Å²) in [7, 11) is 0. The zero-order chi connectivity index (χ0) is 17.2. The van der Waals surface area contributed by atoms with Gasteiger partial charge in [-0.05, 0) is 56.0 Å². The first kappa shape index (κ1) is 17.1. The normalized spacial score (nSPS) is 21.3. The molecule has 1 unspecified atom stereocenters. The Kier molecular flexibility index (Phi) is 5.11. The lowest BCUT2D eigenvalue weighted by molar-refractivity contribution is 0.208. The van der Waals surface area contributed by atoms with Crippen molar-refractivity contribution in [3.05, 3.63) is 51.9 Å². The minimum Gasteiger partial charge on any atom is -0.366 e. The van der Waals surface area contributed by atoms with Crippen LogP contribution in [0.25, 0.3) is 0 Å². The number of benzene rings is 1. The van der Waals surface area contributed by atoms with E-state index in [9.17, 15) is 0 Å². The largest absolute Gasteiger partial charge is 0.366 e. The molecule has 0 radical (unpaired) electrons. The average molecular weight is 377 g/mol. The summed E-state index contributed by atoms with van der Waals surface area (Å²) >= 11 is 12.1. The first-order valence-electron chi connectivity index (χ1n) is 8.93. The van der Waals surface area contributed by atoms with Gasteiger partial charge in [0.1, 0.15) is 11.6 Å². The molecular weight excluding hydrogens is 355 g/mol. The Bertz CT molecular complexity index is 748. The number of nitrogens with one attached hydrogen (secondary N) is 1. The van der Waals surface area contributed by atoms with E-state index in [4.69, 9.17) is 23.2 Å². The van der Waals surface area contributed by atoms with Gasteiger partial charge in [-0.1, -0.05) is 29.3 Å². The average Bonchev–Trinajstić information content (AvgIpc) is 3.44. The van der Waals surface area contributed by atoms with Crippen molar-refractivity contribution < 1.29 is 0 Å². The zero-order valence-corrected chi connectivity index (χ0v) is 15.6. The maximum atomic E-state index is 6.14. The molecule has 1 saturated carbocycles. The lowest BCUT2D eigenvalue weighted by atomic mass is 10.0. The van der Waals surface area contributed by atoms with Crippen molar-refractivity contribution in [1.82, 2.24) is 14.9 Å². The summed E-state index contributed by atoms with van der Waals surface area (Å²) in [6, 6.07) is 8.28. The number of rotatable bonds is 5. The van der Waals surface area contributed by atoms with Gasteiger partial charge in [-0.25, -0.2) is 9.97 Å². The molecule has 1 N–H and O–H groups in total. The van der Waals surface area contributed by atoms with Gasteiger partial charge >= 0.3 is 0 Å². The lowest BCUT2D eigenvalue weighted by Crippen LogP contribution is -2.41. The van der Waals surface area contributed by atoms with Gasteiger partial charge in [0, 0.05) is 31.2 Å². The van der Waals surface area contributed by atoms with Crippen molar-refractivity contribution in [3.8, 4) is 0 Å². The van der Waals surface area contributed by atoms with Crippen LogP contribution in [0.2, 0.25) is 10.0 Å². The fourth-order valence-electron chi connectivity index (χ4n) is 3.41. The number of halogens is 2. The van der Waals surface area contributed by atoms with E-state index in [1.165, 1.54) is 31.2 Å². The molecule has 1 saturated heterocycles. The van der Waals surface area contributed by atoms with Crippen LogP contribution in [-0.4, -0.2) is 34.0 Å². The van der Waals surface area contributed by atoms with E-state index >= 15 is 0 Å². The number of anilines is 1. The predicted octanol–water partition coefficient (Wildman–Crippen LogP) is 4.74. The molecule has 2 aromatic rings. The highest BCUT2D eigenvalue weighted by molar-refractivity contribution is 6.42. The summed E-state index contributed by atoms with van der Waals surface area (Å²) in [6.45, 7) is 3.00. The van der Waals surface area contributed by atoms with Gasteiger partial charge in [-0.15, -0.1) is 0 Å². The van der Waals surface area contributed by atoms with E-state index in [0.29, 0.717) is 22.0 Å². The van der Waals surface area contributed by atoms with Gasteiger partial charge in [0.2, 0.25) is 0 Å². The Morgan fingerprint density at radius 2 is 2.00 bits per heavy atom. The Balaban J connectivity index is 1.37.